The zero-order valence-corrected chi connectivity index (χ0v) is 11.2. The number of rotatable bonds is 2. The lowest BCUT2D eigenvalue weighted by Gasteiger charge is -2.31. The summed E-state index contributed by atoms with van der Waals surface area (Å²) in [7, 11) is 0. The Morgan fingerprint density at radius 1 is 1.38 bits per heavy atom. The van der Waals surface area contributed by atoms with E-state index in [1.807, 2.05) is 0 Å². The number of hydrogen-bond acceptors (Lipinski definition) is 4. The minimum atomic E-state index is -4.87. The molecule has 1 aliphatic rings. The molecule has 1 aromatic rings. The Balaban J connectivity index is 1.86. The first-order valence-electron chi connectivity index (χ1n) is 6.37. The van der Waals surface area contributed by atoms with E-state index in [0.29, 0.717) is 5.76 Å². The van der Waals surface area contributed by atoms with Crippen molar-refractivity contribution in [3.05, 3.63) is 11.8 Å². The second-order valence-corrected chi connectivity index (χ2v) is 4.88. The van der Waals surface area contributed by atoms with Crippen molar-refractivity contribution in [3.8, 4) is 0 Å². The number of aromatic nitrogens is 1. The fourth-order valence-corrected chi connectivity index (χ4v) is 2.18. The van der Waals surface area contributed by atoms with Gasteiger partial charge in [0.05, 0.1) is 0 Å². The van der Waals surface area contributed by atoms with Gasteiger partial charge in [-0.1, -0.05) is 5.16 Å². The normalized spacial score (nSPS) is 16.9. The Kier molecular flexibility index (Phi) is 4.19. The summed E-state index contributed by atoms with van der Waals surface area (Å²) < 4.78 is 41.7. The standard InChI is InChI=1S/C12H14F3N3O3/c1-7-6-9(17-21-7)16-10(19)8-2-4-18(5-3-8)11(20)12(13,14)15/h6,8H,2-5H2,1H3,(H,16,17,19). The molecule has 0 spiro atoms. The van der Waals surface area contributed by atoms with Crippen LogP contribution in [0.5, 0.6) is 0 Å². The van der Waals surface area contributed by atoms with Crippen LogP contribution in [-0.4, -0.2) is 41.1 Å². The number of likely N-dealkylation sites (tertiary alicyclic amines) is 1. The van der Waals surface area contributed by atoms with Crippen molar-refractivity contribution in [2.75, 3.05) is 18.4 Å². The van der Waals surface area contributed by atoms with Gasteiger partial charge in [-0.05, 0) is 19.8 Å². The number of carbonyl (C=O) groups excluding carboxylic acids is 2. The van der Waals surface area contributed by atoms with E-state index in [4.69, 9.17) is 4.52 Å². The van der Waals surface area contributed by atoms with Crippen molar-refractivity contribution in [1.82, 2.24) is 10.1 Å². The molecular weight excluding hydrogens is 291 g/mol. The number of halogens is 3. The third-order valence-electron chi connectivity index (χ3n) is 3.27. The van der Waals surface area contributed by atoms with Gasteiger partial charge in [-0.25, -0.2) is 0 Å². The molecule has 1 aliphatic heterocycles. The predicted molar refractivity (Wildman–Crippen MR) is 65.2 cm³/mol. The first-order valence-corrected chi connectivity index (χ1v) is 6.37. The van der Waals surface area contributed by atoms with Gasteiger partial charge in [-0.15, -0.1) is 0 Å². The molecule has 0 unspecified atom stereocenters. The van der Waals surface area contributed by atoms with Crippen LogP contribution in [0.3, 0.4) is 0 Å². The monoisotopic (exact) mass is 305 g/mol. The first-order chi connectivity index (χ1) is 9.77. The summed E-state index contributed by atoms with van der Waals surface area (Å²) in [6.07, 6.45) is -4.50. The molecule has 9 heteroatoms. The molecule has 0 aromatic carbocycles. The highest BCUT2D eigenvalue weighted by Crippen LogP contribution is 2.24. The Morgan fingerprint density at radius 3 is 2.48 bits per heavy atom. The fourth-order valence-electron chi connectivity index (χ4n) is 2.18. The Labute approximate surface area is 118 Å². The molecule has 2 heterocycles. The quantitative estimate of drug-likeness (QED) is 0.902. The predicted octanol–water partition coefficient (Wildman–Crippen LogP) is 1.72. The zero-order valence-electron chi connectivity index (χ0n) is 11.2. The highest BCUT2D eigenvalue weighted by molar-refractivity contribution is 5.92. The van der Waals surface area contributed by atoms with Crippen molar-refractivity contribution in [2.24, 2.45) is 5.92 Å². The minimum absolute atomic E-state index is 0.0890. The number of hydrogen-bond donors (Lipinski definition) is 1. The Hall–Kier alpha value is -2.06. The Morgan fingerprint density at radius 2 is 2.00 bits per heavy atom. The lowest BCUT2D eigenvalue weighted by atomic mass is 9.96. The summed E-state index contributed by atoms with van der Waals surface area (Å²) in [5.74, 6) is -1.82. The van der Waals surface area contributed by atoms with Crippen molar-refractivity contribution >= 4 is 17.6 Å². The Bertz CT molecular complexity index is 533. The molecule has 0 saturated carbocycles. The van der Waals surface area contributed by atoms with Gasteiger partial charge in [-0.3, -0.25) is 9.59 Å². The molecule has 1 aromatic heterocycles. The average Bonchev–Trinajstić information content (AvgIpc) is 2.82. The maximum absolute atomic E-state index is 12.3. The largest absolute Gasteiger partial charge is 0.471 e. The van der Waals surface area contributed by atoms with Gasteiger partial charge >= 0.3 is 12.1 Å². The number of carbonyl (C=O) groups is 2. The van der Waals surface area contributed by atoms with Crippen LogP contribution >= 0.6 is 0 Å². The minimum Gasteiger partial charge on any atom is -0.360 e. The highest BCUT2D eigenvalue weighted by atomic mass is 19.4. The molecule has 1 saturated heterocycles. The number of amides is 2. The number of nitrogens with one attached hydrogen (secondary N) is 1. The lowest BCUT2D eigenvalue weighted by molar-refractivity contribution is -0.186. The van der Waals surface area contributed by atoms with E-state index >= 15 is 0 Å². The summed E-state index contributed by atoms with van der Waals surface area (Å²) >= 11 is 0. The second-order valence-electron chi connectivity index (χ2n) is 4.88. The van der Waals surface area contributed by atoms with Gasteiger partial charge in [0.1, 0.15) is 5.76 Å². The van der Waals surface area contributed by atoms with Gasteiger partial charge in [0, 0.05) is 25.1 Å². The van der Waals surface area contributed by atoms with Crippen molar-refractivity contribution in [1.29, 1.82) is 0 Å². The summed E-state index contributed by atoms with van der Waals surface area (Å²) in [6, 6.07) is 1.54. The summed E-state index contributed by atoms with van der Waals surface area (Å²) in [6.45, 7) is 1.49. The van der Waals surface area contributed by atoms with E-state index in [-0.39, 0.29) is 37.7 Å². The molecule has 1 fully saturated rings. The molecule has 0 aliphatic carbocycles. The van der Waals surface area contributed by atoms with Crippen molar-refractivity contribution < 1.29 is 27.3 Å². The van der Waals surface area contributed by atoms with Crippen LogP contribution in [0.2, 0.25) is 0 Å². The van der Waals surface area contributed by atoms with Gasteiger partial charge in [-0.2, -0.15) is 13.2 Å². The van der Waals surface area contributed by atoms with Crippen LogP contribution in [0.25, 0.3) is 0 Å². The van der Waals surface area contributed by atoms with Crippen molar-refractivity contribution in [2.45, 2.75) is 25.9 Å². The number of nitrogens with zero attached hydrogens (tertiary/aromatic N) is 2. The second kappa shape index (κ2) is 5.74. The van der Waals surface area contributed by atoms with E-state index in [2.05, 4.69) is 10.5 Å². The molecule has 0 atom stereocenters. The average molecular weight is 305 g/mol. The first kappa shape index (κ1) is 15.3. The fraction of sp³-hybridized carbons (Fsp3) is 0.583. The number of alkyl halides is 3. The van der Waals surface area contributed by atoms with Crippen LogP contribution in [0.15, 0.2) is 10.6 Å². The lowest BCUT2D eigenvalue weighted by Crippen LogP contribution is -2.46. The maximum Gasteiger partial charge on any atom is 0.471 e. The maximum atomic E-state index is 12.3. The van der Waals surface area contributed by atoms with Crippen LogP contribution in [0.4, 0.5) is 19.0 Å². The summed E-state index contributed by atoms with van der Waals surface area (Å²) in [4.78, 5) is 23.7. The van der Waals surface area contributed by atoms with Gasteiger partial charge in [0.2, 0.25) is 5.91 Å². The molecule has 6 nitrogen and oxygen atoms in total. The summed E-state index contributed by atoms with van der Waals surface area (Å²) in [5, 5.41) is 6.14. The van der Waals surface area contributed by atoms with Gasteiger partial charge in [0.15, 0.2) is 5.82 Å². The van der Waals surface area contributed by atoms with Crippen molar-refractivity contribution in [3.63, 3.8) is 0 Å². The number of piperidine rings is 1. The van der Waals surface area contributed by atoms with E-state index < -0.39 is 18.0 Å². The van der Waals surface area contributed by atoms with E-state index in [0.717, 1.165) is 4.90 Å². The van der Waals surface area contributed by atoms with E-state index in [1.54, 1.807) is 13.0 Å². The zero-order chi connectivity index (χ0) is 15.6. The smallest absolute Gasteiger partial charge is 0.360 e. The molecule has 1 N–H and O–H groups in total. The molecule has 2 rings (SSSR count). The van der Waals surface area contributed by atoms with E-state index in [1.165, 1.54) is 0 Å². The number of anilines is 1. The molecular formula is C12H14F3N3O3. The third kappa shape index (κ3) is 3.73. The van der Waals surface area contributed by atoms with Gasteiger partial charge in [0.25, 0.3) is 0 Å². The van der Waals surface area contributed by atoms with Crippen LogP contribution in [-0.2, 0) is 9.59 Å². The molecule has 0 radical (unpaired) electrons. The molecule has 0 bridgehead atoms. The van der Waals surface area contributed by atoms with Crippen LogP contribution in [0.1, 0.15) is 18.6 Å². The summed E-state index contributed by atoms with van der Waals surface area (Å²) in [5.41, 5.74) is 0. The molecule has 2 amide bonds. The SMILES string of the molecule is Cc1cc(NC(=O)C2CCN(C(=O)C(F)(F)F)CC2)no1. The molecule has 21 heavy (non-hydrogen) atoms. The van der Waals surface area contributed by atoms with Crippen LogP contribution in [0, 0.1) is 12.8 Å². The van der Waals surface area contributed by atoms with Crippen LogP contribution < -0.4 is 5.32 Å². The van der Waals surface area contributed by atoms with Gasteiger partial charge < -0.3 is 14.7 Å². The van der Waals surface area contributed by atoms with E-state index in [9.17, 15) is 22.8 Å². The number of aryl methyl sites for hydroxylation is 1. The molecule has 116 valence electrons. The third-order valence-corrected chi connectivity index (χ3v) is 3.27. The topological polar surface area (TPSA) is 75.4 Å². The highest BCUT2D eigenvalue weighted by Gasteiger charge is 2.43.